The first-order valence-electron chi connectivity index (χ1n) is 10.6. The molecule has 0 spiro atoms. The number of rotatable bonds is 6. The molecule has 30 heavy (non-hydrogen) atoms. The fourth-order valence-corrected chi connectivity index (χ4v) is 4.63. The summed E-state index contributed by atoms with van der Waals surface area (Å²) in [6, 6.07) is 6.66. The van der Waals surface area contributed by atoms with Gasteiger partial charge in [0.2, 0.25) is 0 Å². The summed E-state index contributed by atoms with van der Waals surface area (Å²) < 4.78 is 41.3. The Morgan fingerprint density at radius 2 is 1.67 bits per heavy atom. The lowest BCUT2D eigenvalue weighted by atomic mass is 9.83. The first-order chi connectivity index (χ1) is 14.0. The standard InChI is InChI=1S/C22H33NO6S/c1-16-5-7-20(8-6-16)30(25,26)27-15-17-13-19(14-17)28-18-9-11-23(12-10-18)21(24)29-22(2,3)4/h5-8,17-19H,9-15H2,1-4H3. The molecular weight excluding hydrogens is 406 g/mol. The maximum Gasteiger partial charge on any atom is 0.410 e. The number of amides is 1. The lowest BCUT2D eigenvalue weighted by Gasteiger charge is -2.40. The Morgan fingerprint density at radius 1 is 1.07 bits per heavy atom. The van der Waals surface area contributed by atoms with E-state index < -0.39 is 15.7 Å². The number of nitrogens with zero attached hydrogens (tertiary/aromatic N) is 1. The highest BCUT2D eigenvalue weighted by Gasteiger charge is 2.35. The second kappa shape index (κ2) is 9.24. The van der Waals surface area contributed by atoms with Crippen molar-refractivity contribution in [1.82, 2.24) is 4.90 Å². The Morgan fingerprint density at radius 3 is 2.23 bits per heavy atom. The summed E-state index contributed by atoms with van der Waals surface area (Å²) in [7, 11) is -3.71. The summed E-state index contributed by atoms with van der Waals surface area (Å²) in [5, 5.41) is 0. The van der Waals surface area contributed by atoms with Gasteiger partial charge in [-0.2, -0.15) is 8.42 Å². The molecule has 2 aliphatic rings. The molecule has 1 heterocycles. The molecule has 0 atom stereocenters. The topological polar surface area (TPSA) is 82.1 Å². The van der Waals surface area contributed by atoms with E-state index in [-0.39, 0.29) is 35.7 Å². The largest absolute Gasteiger partial charge is 0.444 e. The number of hydrogen-bond donors (Lipinski definition) is 0. The number of benzene rings is 1. The van der Waals surface area contributed by atoms with Crippen molar-refractivity contribution in [2.45, 2.75) is 76.1 Å². The molecule has 7 nitrogen and oxygen atoms in total. The van der Waals surface area contributed by atoms with E-state index in [1.807, 2.05) is 27.7 Å². The number of aryl methyl sites for hydroxylation is 1. The smallest absolute Gasteiger partial charge is 0.410 e. The molecule has 1 aliphatic heterocycles. The molecule has 0 N–H and O–H groups in total. The van der Waals surface area contributed by atoms with Crippen LogP contribution >= 0.6 is 0 Å². The summed E-state index contributed by atoms with van der Waals surface area (Å²) in [5.74, 6) is 0.192. The Balaban J connectivity index is 1.34. The van der Waals surface area contributed by atoms with Crippen molar-refractivity contribution in [3.8, 4) is 0 Å². The zero-order valence-electron chi connectivity index (χ0n) is 18.3. The molecule has 1 aliphatic carbocycles. The van der Waals surface area contributed by atoms with E-state index >= 15 is 0 Å². The van der Waals surface area contributed by atoms with E-state index in [1.165, 1.54) is 0 Å². The molecule has 2 fully saturated rings. The second-order valence-electron chi connectivity index (χ2n) is 9.31. The van der Waals surface area contributed by atoms with Crippen molar-refractivity contribution in [2.75, 3.05) is 19.7 Å². The number of hydrogen-bond acceptors (Lipinski definition) is 6. The fraction of sp³-hybridized carbons (Fsp3) is 0.682. The van der Waals surface area contributed by atoms with E-state index in [0.717, 1.165) is 31.2 Å². The van der Waals surface area contributed by atoms with Crippen molar-refractivity contribution < 1.29 is 26.9 Å². The number of ether oxygens (including phenoxy) is 2. The molecular formula is C22H33NO6S. The molecule has 8 heteroatoms. The highest BCUT2D eigenvalue weighted by atomic mass is 32.2. The Kier molecular flexibility index (Phi) is 7.09. The van der Waals surface area contributed by atoms with E-state index in [2.05, 4.69) is 0 Å². The molecule has 3 rings (SSSR count). The van der Waals surface area contributed by atoms with Crippen LogP contribution in [0.3, 0.4) is 0 Å². The summed E-state index contributed by atoms with van der Waals surface area (Å²) >= 11 is 0. The van der Waals surface area contributed by atoms with Crippen molar-refractivity contribution in [2.24, 2.45) is 5.92 Å². The van der Waals surface area contributed by atoms with Crippen LogP contribution < -0.4 is 0 Å². The van der Waals surface area contributed by atoms with E-state index in [9.17, 15) is 13.2 Å². The SMILES string of the molecule is Cc1ccc(S(=O)(=O)OCC2CC(OC3CCN(C(=O)OC(C)(C)C)CC3)C2)cc1. The summed E-state index contributed by atoms with van der Waals surface area (Å²) in [6.07, 6.45) is 3.19. The Labute approximate surface area is 179 Å². The van der Waals surface area contributed by atoms with E-state index in [0.29, 0.717) is 13.1 Å². The Bertz CT molecular complexity index is 816. The van der Waals surface area contributed by atoms with Gasteiger partial charge in [-0.3, -0.25) is 4.18 Å². The second-order valence-corrected chi connectivity index (χ2v) is 10.9. The van der Waals surface area contributed by atoms with E-state index in [1.54, 1.807) is 29.2 Å². The van der Waals surface area contributed by atoms with Gasteiger partial charge in [0, 0.05) is 13.1 Å². The average molecular weight is 440 g/mol. The zero-order valence-corrected chi connectivity index (χ0v) is 19.1. The van der Waals surface area contributed by atoms with Crippen LogP contribution in [0.4, 0.5) is 4.79 Å². The summed E-state index contributed by atoms with van der Waals surface area (Å²) in [6.45, 7) is 8.96. The predicted molar refractivity (Wildman–Crippen MR) is 113 cm³/mol. The lowest BCUT2D eigenvalue weighted by Crippen LogP contribution is -2.45. The predicted octanol–water partition coefficient (Wildman–Crippen LogP) is 3.90. The average Bonchev–Trinajstić information content (AvgIpc) is 2.63. The van der Waals surface area contributed by atoms with Crippen LogP contribution in [0.5, 0.6) is 0 Å². The van der Waals surface area contributed by atoms with Crippen LogP contribution in [0.25, 0.3) is 0 Å². The number of piperidine rings is 1. The minimum absolute atomic E-state index is 0.131. The number of carbonyl (C=O) groups is 1. The van der Waals surface area contributed by atoms with Crippen LogP contribution in [0, 0.1) is 12.8 Å². The van der Waals surface area contributed by atoms with Crippen LogP contribution in [-0.4, -0.2) is 56.9 Å². The highest BCUT2D eigenvalue weighted by molar-refractivity contribution is 7.86. The van der Waals surface area contributed by atoms with Crippen LogP contribution in [0.15, 0.2) is 29.2 Å². The van der Waals surface area contributed by atoms with Crippen LogP contribution in [-0.2, 0) is 23.8 Å². The van der Waals surface area contributed by atoms with Gasteiger partial charge >= 0.3 is 6.09 Å². The van der Waals surface area contributed by atoms with Gasteiger partial charge in [-0.25, -0.2) is 4.79 Å². The van der Waals surface area contributed by atoms with Crippen LogP contribution in [0.2, 0.25) is 0 Å². The molecule has 1 amide bonds. The summed E-state index contributed by atoms with van der Waals surface area (Å²) in [5.41, 5.74) is 0.519. The monoisotopic (exact) mass is 439 g/mol. The normalized spacial score (nSPS) is 23.1. The molecule has 168 valence electrons. The van der Waals surface area contributed by atoms with Crippen molar-refractivity contribution in [3.63, 3.8) is 0 Å². The third-order valence-corrected chi connectivity index (χ3v) is 6.74. The first kappa shape index (κ1) is 23.0. The van der Waals surface area contributed by atoms with Gasteiger partial charge < -0.3 is 14.4 Å². The van der Waals surface area contributed by atoms with Gasteiger partial charge in [0.15, 0.2) is 0 Å². The maximum atomic E-state index is 12.3. The third-order valence-electron chi connectivity index (χ3n) is 5.44. The number of likely N-dealkylation sites (tertiary alicyclic amines) is 1. The zero-order chi connectivity index (χ0) is 21.9. The van der Waals surface area contributed by atoms with E-state index in [4.69, 9.17) is 13.7 Å². The third kappa shape index (κ3) is 6.43. The first-order valence-corrected chi connectivity index (χ1v) is 12.0. The molecule has 0 unspecified atom stereocenters. The van der Waals surface area contributed by atoms with Gasteiger partial charge in [0.25, 0.3) is 10.1 Å². The number of carbonyl (C=O) groups excluding carboxylic acids is 1. The van der Waals surface area contributed by atoms with Gasteiger partial charge in [0.05, 0.1) is 23.7 Å². The quantitative estimate of drug-likeness (QED) is 0.626. The molecule has 0 aromatic heterocycles. The highest BCUT2D eigenvalue weighted by Crippen LogP contribution is 2.33. The molecule has 0 radical (unpaired) electrons. The molecule has 1 saturated carbocycles. The molecule has 1 aromatic carbocycles. The summed E-state index contributed by atoms with van der Waals surface area (Å²) in [4.78, 5) is 14.1. The Hall–Kier alpha value is -1.64. The van der Waals surface area contributed by atoms with Crippen molar-refractivity contribution in [1.29, 1.82) is 0 Å². The minimum atomic E-state index is -3.71. The minimum Gasteiger partial charge on any atom is -0.444 e. The molecule has 0 bridgehead atoms. The molecule has 1 saturated heterocycles. The van der Waals surface area contributed by atoms with Gasteiger partial charge in [-0.1, -0.05) is 17.7 Å². The van der Waals surface area contributed by atoms with Crippen molar-refractivity contribution >= 4 is 16.2 Å². The van der Waals surface area contributed by atoms with Gasteiger partial charge in [-0.05, 0) is 71.4 Å². The lowest BCUT2D eigenvalue weighted by molar-refractivity contribution is -0.0988. The van der Waals surface area contributed by atoms with Gasteiger partial charge in [0.1, 0.15) is 5.60 Å². The maximum absolute atomic E-state index is 12.3. The van der Waals surface area contributed by atoms with Crippen LogP contribution in [0.1, 0.15) is 52.0 Å². The molecule has 1 aromatic rings. The van der Waals surface area contributed by atoms with Gasteiger partial charge in [-0.15, -0.1) is 0 Å². The van der Waals surface area contributed by atoms with Crippen molar-refractivity contribution in [3.05, 3.63) is 29.8 Å². The fourth-order valence-electron chi connectivity index (χ4n) is 3.65.